The Bertz CT molecular complexity index is 1480. The van der Waals surface area contributed by atoms with Gasteiger partial charge in [0, 0.05) is 23.7 Å². The second-order valence-corrected chi connectivity index (χ2v) is 10.4. The first-order valence-electron chi connectivity index (χ1n) is 10.6. The molecule has 0 bridgehead atoms. The van der Waals surface area contributed by atoms with Gasteiger partial charge in [-0.3, -0.25) is 14.8 Å². The van der Waals surface area contributed by atoms with E-state index in [4.69, 9.17) is 9.47 Å². The number of hydrogen-bond acceptors (Lipinski definition) is 7. The predicted molar refractivity (Wildman–Crippen MR) is 132 cm³/mol. The summed E-state index contributed by atoms with van der Waals surface area (Å²) < 4.78 is 40.4. The van der Waals surface area contributed by atoms with Crippen LogP contribution in [0.2, 0.25) is 0 Å². The van der Waals surface area contributed by atoms with Gasteiger partial charge in [-0.05, 0) is 55.0 Å². The van der Waals surface area contributed by atoms with Crippen LogP contribution in [0.1, 0.15) is 22.3 Å². The van der Waals surface area contributed by atoms with E-state index in [-0.39, 0.29) is 10.8 Å². The maximum Gasteiger partial charge on any atom is 0.262 e. The van der Waals surface area contributed by atoms with Crippen LogP contribution in [0.15, 0.2) is 65.6 Å². The quantitative estimate of drug-likeness (QED) is 0.411. The van der Waals surface area contributed by atoms with Crippen LogP contribution < -0.4 is 19.5 Å². The topological polar surface area (TPSA) is 107 Å². The molecule has 2 N–H and O–H groups in total. The number of para-hydroxylation sites is 1. The molecule has 0 aliphatic carbocycles. The number of hydrogen-bond donors (Lipinski definition) is 2. The zero-order chi connectivity index (χ0) is 23.7. The van der Waals surface area contributed by atoms with E-state index in [2.05, 4.69) is 15.0 Å². The third kappa shape index (κ3) is 4.55. The Morgan fingerprint density at radius 1 is 1.00 bits per heavy atom. The van der Waals surface area contributed by atoms with Crippen molar-refractivity contribution < 1.29 is 22.7 Å². The van der Waals surface area contributed by atoms with E-state index in [1.165, 1.54) is 35.6 Å². The summed E-state index contributed by atoms with van der Waals surface area (Å²) in [6.45, 7) is 2.96. The normalized spacial score (nSPS) is 13.3. The summed E-state index contributed by atoms with van der Waals surface area (Å²) in [7, 11) is -3.85. The molecule has 10 heteroatoms. The molecule has 0 fully saturated rings. The maximum absolute atomic E-state index is 12.9. The lowest BCUT2D eigenvalue weighted by Crippen LogP contribution is -2.14. The number of aromatic nitrogens is 1. The standard InChI is InChI=1S/C24H21N3O5S2/c1-15-4-2-5-21-22(15)25-24(33-21)26-23(28)16-6-8-17(9-7-16)27-34(29,30)18-10-11-19-20(14-18)32-13-3-12-31-19/h2,4-11,14,27H,3,12-13H2,1H3,(H,25,26,28). The van der Waals surface area contributed by atoms with Gasteiger partial charge in [-0.25, -0.2) is 13.4 Å². The average Bonchev–Trinajstić information content (AvgIpc) is 3.08. The predicted octanol–water partition coefficient (Wildman–Crippen LogP) is 4.82. The zero-order valence-electron chi connectivity index (χ0n) is 18.2. The van der Waals surface area contributed by atoms with Crippen LogP contribution in [0.3, 0.4) is 0 Å². The van der Waals surface area contributed by atoms with E-state index in [0.717, 1.165) is 22.2 Å². The number of anilines is 2. The lowest BCUT2D eigenvalue weighted by molar-refractivity contribution is 0.102. The lowest BCUT2D eigenvalue weighted by atomic mass is 10.2. The molecule has 174 valence electrons. The van der Waals surface area contributed by atoms with Crippen molar-refractivity contribution in [2.75, 3.05) is 23.3 Å². The molecule has 0 saturated carbocycles. The molecular formula is C24H21N3O5S2. The minimum Gasteiger partial charge on any atom is -0.490 e. The smallest absolute Gasteiger partial charge is 0.262 e. The number of nitrogens with zero attached hydrogens (tertiary/aromatic N) is 1. The molecule has 0 saturated heterocycles. The average molecular weight is 496 g/mol. The van der Waals surface area contributed by atoms with E-state index < -0.39 is 10.0 Å². The zero-order valence-corrected chi connectivity index (χ0v) is 19.8. The van der Waals surface area contributed by atoms with E-state index in [0.29, 0.717) is 41.1 Å². The highest BCUT2D eigenvalue weighted by Crippen LogP contribution is 2.32. The molecule has 0 unspecified atom stereocenters. The number of sulfonamides is 1. The van der Waals surface area contributed by atoms with E-state index in [9.17, 15) is 13.2 Å². The van der Waals surface area contributed by atoms with Crippen LogP contribution in [0.4, 0.5) is 10.8 Å². The Kier molecular flexibility index (Phi) is 5.84. The Labute approximate surface area is 200 Å². The van der Waals surface area contributed by atoms with Crippen molar-refractivity contribution in [2.24, 2.45) is 0 Å². The Morgan fingerprint density at radius 2 is 1.76 bits per heavy atom. The van der Waals surface area contributed by atoms with Crippen molar-refractivity contribution in [1.29, 1.82) is 0 Å². The first-order valence-corrected chi connectivity index (χ1v) is 12.9. The first kappa shape index (κ1) is 22.2. The van der Waals surface area contributed by atoms with Gasteiger partial charge in [0.25, 0.3) is 15.9 Å². The van der Waals surface area contributed by atoms with E-state index in [1.54, 1.807) is 18.2 Å². The summed E-state index contributed by atoms with van der Waals surface area (Å²) >= 11 is 1.40. The molecule has 2 heterocycles. The summed E-state index contributed by atoms with van der Waals surface area (Å²) in [5, 5.41) is 3.31. The number of thiazole rings is 1. The highest BCUT2D eigenvalue weighted by molar-refractivity contribution is 7.92. The highest BCUT2D eigenvalue weighted by atomic mass is 32.2. The van der Waals surface area contributed by atoms with E-state index >= 15 is 0 Å². The maximum atomic E-state index is 12.9. The molecule has 1 amide bonds. The van der Waals surface area contributed by atoms with Crippen molar-refractivity contribution in [3.8, 4) is 11.5 Å². The van der Waals surface area contributed by atoms with Gasteiger partial charge in [0.2, 0.25) is 0 Å². The second kappa shape index (κ2) is 8.96. The number of amides is 1. The molecule has 0 spiro atoms. The van der Waals surface area contributed by atoms with E-state index in [1.807, 2.05) is 25.1 Å². The fraction of sp³-hybridized carbons (Fsp3) is 0.167. The fourth-order valence-electron chi connectivity index (χ4n) is 3.52. The largest absolute Gasteiger partial charge is 0.490 e. The summed E-state index contributed by atoms with van der Waals surface area (Å²) in [4.78, 5) is 17.2. The van der Waals surface area contributed by atoms with Gasteiger partial charge >= 0.3 is 0 Å². The number of carbonyl (C=O) groups excluding carboxylic acids is 1. The number of carbonyl (C=O) groups is 1. The second-order valence-electron chi connectivity index (χ2n) is 7.74. The summed E-state index contributed by atoms with van der Waals surface area (Å²) in [6.07, 6.45) is 0.730. The SMILES string of the molecule is Cc1cccc2sc(NC(=O)c3ccc(NS(=O)(=O)c4ccc5c(c4)OCCCO5)cc3)nc12. The summed E-state index contributed by atoms with van der Waals surface area (Å²) in [5.41, 5.74) is 2.62. The van der Waals surface area contributed by atoms with Crippen LogP contribution in [0, 0.1) is 6.92 Å². The molecule has 3 aromatic carbocycles. The molecule has 1 aliphatic rings. The number of rotatable bonds is 5. The van der Waals surface area contributed by atoms with Crippen molar-refractivity contribution >= 4 is 48.3 Å². The number of nitrogens with one attached hydrogen (secondary N) is 2. The molecule has 5 rings (SSSR count). The van der Waals surface area contributed by atoms with Crippen LogP contribution in [-0.2, 0) is 10.0 Å². The van der Waals surface area contributed by atoms with Gasteiger partial charge in [-0.15, -0.1) is 0 Å². The lowest BCUT2D eigenvalue weighted by Gasteiger charge is -2.12. The van der Waals surface area contributed by atoms with Gasteiger partial charge in [0.15, 0.2) is 16.6 Å². The monoisotopic (exact) mass is 495 g/mol. The van der Waals surface area contributed by atoms with Gasteiger partial charge in [-0.1, -0.05) is 23.5 Å². The van der Waals surface area contributed by atoms with Gasteiger partial charge < -0.3 is 9.47 Å². The molecule has 4 aromatic rings. The number of ether oxygens (including phenoxy) is 2. The number of fused-ring (bicyclic) bond motifs is 2. The molecule has 1 aromatic heterocycles. The van der Waals surface area contributed by atoms with Crippen LogP contribution in [0.5, 0.6) is 11.5 Å². The Hall–Kier alpha value is -3.63. The molecule has 8 nitrogen and oxygen atoms in total. The Balaban J connectivity index is 1.29. The highest BCUT2D eigenvalue weighted by Gasteiger charge is 2.19. The molecular weight excluding hydrogens is 474 g/mol. The van der Waals surface area contributed by atoms with Gasteiger partial charge in [-0.2, -0.15) is 0 Å². The molecule has 0 atom stereocenters. The third-order valence-corrected chi connectivity index (χ3v) is 7.58. The molecule has 0 radical (unpaired) electrons. The van der Waals surface area contributed by atoms with Crippen LogP contribution in [0.25, 0.3) is 10.2 Å². The van der Waals surface area contributed by atoms with Crippen molar-refractivity contribution in [3.05, 3.63) is 71.8 Å². The Morgan fingerprint density at radius 3 is 2.53 bits per heavy atom. The van der Waals surface area contributed by atoms with Crippen molar-refractivity contribution in [1.82, 2.24) is 4.98 Å². The van der Waals surface area contributed by atoms with Gasteiger partial charge in [0.1, 0.15) is 0 Å². The summed E-state index contributed by atoms with van der Waals surface area (Å²) in [6, 6.07) is 16.6. The summed E-state index contributed by atoms with van der Waals surface area (Å²) in [5.74, 6) is 0.599. The van der Waals surface area contributed by atoms with Crippen LogP contribution in [-0.4, -0.2) is 32.5 Å². The van der Waals surface area contributed by atoms with Crippen molar-refractivity contribution in [2.45, 2.75) is 18.2 Å². The number of benzene rings is 3. The molecule has 1 aliphatic heterocycles. The minimum absolute atomic E-state index is 0.0599. The minimum atomic E-state index is -3.85. The third-order valence-electron chi connectivity index (χ3n) is 5.27. The van der Waals surface area contributed by atoms with Gasteiger partial charge in [0.05, 0.1) is 28.3 Å². The first-order chi connectivity index (χ1) is 16.4. The molecule has 34 heavy (non-hydrogen) atoms. The van der Waals surface area contributed by atoms with Crippen molar-refractivity contribution in [3.63, 3.8) is 0 Å². The van der Waals surface area contributed by atoms with Crippen LogP contribution >= 0.6 is 11.3 Å². The fourth-order valence-corrected chi connectivity index (χ4v) is 5.54. The number of aryl methyl sites for hydroxylation is 1.